The molecule has 0 N–H and O–H groups in total. The topological polar surface area (TPSA) is 54.8 Å². The highest BCUT2D eigenvalue weighted by Gasteiger charge is 2.28. The normalized spacial score (nSPS) is 15.4. The summed E-state index contributed by atoms with van der Waals surface area (Å²) in [5.41, 5.74) is 2.60. The summed E-state index contributed by atoms with van der Waals surface area (Å²) in [6.07, 6.45) is 0.938. The summed E-state index contributed by atoms with van der Waals surface area (Å²) < 4.78 is 7.42. The summed E-state index contributed by atoms with van der Waals surface area (Å²) in [5, 5.41) is 0.830. The van der Waals surface area contributed by atoms with Crippen molar-refractivity contribution in [3.8, 4) is 0 Å². The van der Waals surface area contributed by atoms with Crippen LogP contribution < -0.4 is 4.90 Å². The third kappa shape index (κ3) is 3.83. The van der Waals surface area contributed by atoms with E-state index < -0.39 is 12.1 Å². The van der Waals surface area contributed by atoms with Crippen LogP contribution >= 0.6 is 0 Å². The minimum Gasteiger partial charge on any atom is -0.449 e. The van der Waals surface area contributed by atoms with Crippen LogP contribution in [0.5, 0.6) is 0 Å². The van der Waals surface area contributed by atoms with Crippen molar-refractivity contribution >= 4 is 28.5 Å². The van der Waals surface area contributed by atoms with Gasteiger partial charge in [0.2, 0.25) is 0 Å². The zero-order chi connectivity index (χ0) is 20.4. The van der Waals surface area contributed by atoms with E-state index in [1.54, 1.807) is 18.0 Å². The van der Waals surface area contributed by atoms with Crippen molar-refractivity contribution in [2.45, 2.75) is 13.0 Å². The Morgan fingerprint density at radius 2 is 1.59 bits per heavy atom. The molecule has 0 unspecified atom stereocenters. The highest BCUT2D eigenvalue weighted by molar-refractivity contribution is 6.05. The lowest BCUT2D eigenvalue weighted by Crippen LogP contribution is -2.51. The number of amides is 1. The first-order chi connectivity index (χ1) is 14.0. The number of ether oxygens (including phenoxy) is 1. The van der Waals surface area contributed by atoms with Crippen LogP contribution in [0, 0.1) is 0 Å². The van der Waals surface area contributed by atoms with Gasteiger partial charge >= 0.3 is 5.97 Å². The van der Waals surface area contributed by atoms with E-state index in [0.29, 0.717) is 18.7 Å². The van der Waals surface area contributed by atoms with Crippen LogP contribution in [0.2, 0.25) is 0 Å². The minimum atomic E-state index is -0.815. The Balaban J connectivity index is 1.38. The fourth-order valence-corrected chi connectivity index (χ4v) is 3.86. The van der Waals surface area contributed by atoms with Gasteiger partial charge in [0, 0.05) is 56.0 Å². The Labute approximate surface area is 170 Å². The number of fused-ring (bicyclic) bond motifs is 1. The standard InChI is InChI=1S/C23H25N3O3/c1-17(29-23(28)20-16-24(2)21-11-7-6-10-19(20)21)22(27)26-14-12-25(13-15-26)18-8-4-3-5-9-18/h3-11,16-17H,12-15H2,1-2H3/t17-/m0/s1. The third-order valence-corrected chi connectivity index (χ3v) is 5.46. The number of hydrogen-bond acceptors (Lipinski definition) is 4. The molecule has 0 spiro atoms. The van der Waals surface area contributed by atoms with Crippen LogP contribution in [0.25, 0.3) is 10.9 Å². The van der Waals surface area contributed by atoms with Crippen molar-refractivity contribution < 1.29 is 14.3 Å². The first kappa shape index (κ1) is 19.1. The lowest BCUT2D eigenvalue weighted by molar-refractivity contribution is -0.140. The molecule has 3 aromatic rings. The van der Waals surface area contributed by atoms with Crippen molar-refractivity contribution in [2.24, 2.45) is 7.05 Å². The first-order valence-corrected chi connectivity index (χ1v) is 9.88. The van der Waals surface area contributed by atoms with E-state index in [1.165, 1.54) is 0 Å². The Bertz CT molecular complexity index is 1020. The quantitative estimate of drug-likeness (QED) is 0.642. The molecule has 2 heterocycles. The number of carbonyl (C=O) groups excluding carboxylic acids is 2. The molecular formula is C23H25N3O3. The smallest absolute Gasteiger partial charge is 0.341 e. The van der Waals surface area contributed by atoms with E-state index in [4.69, 9.17) is 4.74 Å². The summed E-state index contributed by atoms with van der Waals surface area (Å²) in [6.45, 7) is 4.40. The second-order valence-corrected chi connectivity index (χ2v) is 7.37. The van der Waals surface area contributed by atoms with Crippen LogP contribution in [0.4, 0.5) is 5.69 Å². The number of para-hydroxylation sites is 2. The molecule has 1 aromatic heterocycles. The average molecular weight is 391 g/mol. The summed E-state index contributed by atoms with van der Waals surface area (Å²) in [5.74, 6) is -0.614. The van der Waals surface area contributed by atoms with Crippen molar-refractivity contribution in [2.75, 3.05) is 31.1 Å². The average Bonchev–Trinajstić information content (AvgIpc) is 3.11. The van der Waals surface area contributed by atoms with E-state index in [-0.39, 0.29) is 5.91 Å². The molecule has 4 rings (SSSR count). The summed E-state index contributed by atoms with van der Waals surface area (Å²) in [7, 11) is 1.89. The van der Waals surface area contributed by atoms with Gasteiger partial charge in [-0.3, -0.25) is 4.79 Å². The third-order valence-electron chi connectivity index (χ3n) is 5.46. The molecule has 29 heavy (non-hydrogen) atoms. The van der Waals surface area contributed by atoms with Crippen molar-refractivity contribution in [3.63, 3.8) is 0 Å². The van der Waals surface area contributed by atoms with Crippen LogP contribution in [0.15, 0.2) is 60.8 Å². The predicted octanol–water partition coefficient (Wildman–Crippen LogP) is 3.07. The number of aryl methyl sites for hydroxylation is 1. The largest absolute Gasteiger partial charge is 0.449 e. The van der Waals surface area contributed by atoms with Gasteiger partial charge in [-0.15, -0.1) is 0 Å². The second-order valence-electron chi connectivity index (χ2n) is 7.37. The van der Waals surface area contributed by atoms with E-state index in [9.17, 15) is 9.59 Å². The number of esters is 1. The molecule has 1 atom stereocenters. The molecule has 1 aliphatic heterocycles. The van der Waals surface area contributed by atoms with Gasteiger partial charge in [-0.2, -0.15) is 0 Å². The van der Waals surface area contributed by atoms with Crippen LogP contribution in [-0.2, 0) is 16.6 Å². The number of carbonyl (C=O) groups is 2. The second kappa shape index (κ2) is 7.99. The molecule has 6 heteroatoms. The molecule has 2 aromatic carbocycles. The van der Waals surface area contributed by atoms with Crippen LogP contribution in [-0.4, -0.2) is 53.6 Å². The van der Waals surface area contributed by atoms with Gasteiger partial charge in [0.05, 0.1) is 5.56 Å². The maximum Gasteiger partial charge on any atom is 0.341 e. The molecule has 0 bridgehead atoms. The number of anilines is 1. The predicted molar refractivity (Wildman–Crippen MR) is 113 cm³/mol. The Kier molecular flexibility index (Phi) is 5.25. The highest BCUT2D eigenvalue weighted by atomic mass is 16.5. The summed E-state index contributed by atoms with van der Waals surface area (Å²) in [6, 6.07) is 17.8. The highest BCUT2D eigenvalue weighted by Crippen LogP contribution is 2.22. The van der Waals surface area contributed by atoms with E-state index in [2.05, 4.69) is 17.0 Å². The fraction of sp³-hybridized carbons (Fsp3) is 0.304. The van der Waals surface area contributed by atoms with Crippen molar-refractivity contribution in [1.29, 1.82) is 0 Å². The zero-order valence-corrected chi connectivity index (χ0v) is 16.7. The Morgan fingerprint density at radius 3 is 2.31 bits per heavy atom. The van der Waals surface area contributed by atoms with Gasteiger partial charge < -0.3 is 19.1 Å². The monoisotopic (exact) mass is 391 g/mol. The summed E-state index contributed by atoms with van der Waals surface area (Å²) in [4.78, 5) is 29.5. The number of rotatable bonds is 4. The molecule has 150 valence electrons. The van der Waals surface area contributed by atoms with E-state index >= 15 is 0 Å². The molecule has 1 saturated heterocycles. The summed E-state index contributed by atoms with van der Waals surface area (Å²) >= 11 is 0. The minimum absolute atomic E-state index is 0.147. The lowest BCUT2D eigenvalue weighted by Gasteiger charge is -2.37. The van der Waals surface area contributed by atoms with E-state index in [0.717, 1.165) is 29.7 Å². The lowest BCUT2D eigenvalue weighted by atomic mass is 10.2. The molecule has 0 saturated carbocycles. The zero-order valence-electron chi connectivity index (χ0n) is 16.7. The molecule has 1 amide bonds. The molecule has 1 fully saturated rings. The SMILES string of the molecule is C[C@H](OC(=O)c1cn(C)c2ccccc12)C(=O)N1CCN(c2ccccc2)CC1. The van der Waals surface area contributed by atoms with Crippen molar-refractivity contribution in [1.82, 2.24) is 9.47 Å². The molecule has 1 aliphatic rings. The van der Waals surface area contributed by atoms with E-state index in [1.807, 2.05) is 54.1 Å². The van der Waals surface area contributed by atoms with Crippen LogP contribution in [0.3, 0.4) is 0 Å². The van der Waals surface area contributed by atoms with Gasteiger partial charge in [-0.25, -0.2) is 4.79 Å². The van der Waals surface area contributed by atoms with Gasteiger partial charge in [-0.1, -0.05) is 36.4 Å². The first-order valence-electron chi connectivity index (χ1n) is 9.88. The maximum absolute atomic E-state index is 12.8. The van der Waals surface area contributed by atoms with Crippen LogP contribution in [0.1, 0.15) is 17.3 Å². The van der Waals surface area contributed by atoms with Gasteiger partial charge in [0.1, 0.15) is 0 Å². The number of nitrogens with zero attached hydrogens (tertiary/aromatic N) is 3. The molecule has 6 nitrogen and oxygen atoms in total. The van der Waals surface area contributed by atoms with Crippen molar-refractivity contribution in [3.05, 3.63) is 66.4 Å². The Hall–Kier alpha value is -3.28. The molecule has 0 aliphatic carbocycles. The maximum atomic E-state index is 12.8. The number of aromatic nitrogens is 1. The van der Waals surface area contributed by atoms with Gasteiger partial charge in [-0.05, 0) is 25.1 Å². The fourth-order valence-electron chi connectivity index (χ4n) is 3.86. The number of hydrogen-bond donors (Lipinski definition) is 0. The molecule has 0 radical (unpaired) electrons. The number of benzene rings is 2. The van der Waals surface area contributed by atoms with Gasteiger partial charge in [0.25, 0.3) is 5.91 Å². The Morgan fingerprint density at radius 1 is 0.931 bits per heavy atom. The number of piperazine rings is 1. The molecular weight excluding hydrogens is 366 g/mol. The van der Waals surface area contributed by atoms with Gasteiger partial charge in [0.15, 0.2) is 6.10 Å².